The maximum atomic E-state index is 12.6. The normalized spacial score (nSPS) is 11.3. The lowest BCUT2D eigenvalue weighted by atomic mass is 10.0. The Morgan fingerprint density at radius 2 is 1.43 bits per heavy atom. The minimum Gasteiger partial charge on any atom is -0.268 e. The molecule has 102 valence electrons. The molecule has 2 aromatic carbocycles. The van der Waals surface area contributed by atoms with Crippen LogP contribution < -0.4 is 0 Å². The second kappa shape index (κ2) is 5.96. The molecule has 4 heteroatoms. The van der Waals surface area contributed by atoms with Gasteiger partial charge < -0.3 is 0 Å². The topological polar surface area (TPSA) is 47.8 Å². The summed E-state index contributed by atoms with van der Waals surface area (Å²) in [5, 5.41) is 7.38. The van der Waals surface area contributed by atoms with Crippen LogP contribution in [0.4, 0.5) is 0 Å². The third kappa shape index (κ3) is 2.95. The van der Waals surface area contributed by atoms with Crippen LogP contribution in [-0.2, 0) is 0 Å². The van der Waals surface area contributed by atoms with E-state index in [9.17, 15) is 4.79 Å². The Hall–Kier alpha value is -3.01. The lowest BCUT2D eigenvalue weighted by Crippen LogP contribution is -2.10. The maximum Gasteiger partial charge on any atom is 0.265 e. The Kier molecular flexibility index (Phi) is 3.69. The molecule has 0 unspecified atom stereocenters. The van der Waals surface area contributed by atoms with Gasteiger partial charge in [-0.05, 0) is 17.2 Å². The Morgan fingerprint density at radius 1 is 0.857 bits per heavy atom. The summed E-state index contributed by atoms with van der Waals surface area (Å²) in [6, 6.07) is 19.3. The van der Waals surface area contributed by atoms with Crippen molar-refractivity contribution in [3.8, 4) is 0 Å². The quantitative estimate of drug-likeness (QED) is 0.545. The second-order valence-corrected chi connectivity index (χ2v) is 4.51. The highest BCUT2D eigenvalue weighted by Crippen LogP contribution is 2.20. The van der Waals surface area contributed by atoms with Crippen molar-refractivity contribution in [1.29, 1.82) is 0 Å². The van der Waals surface area contributed by atoms with Crippen LogP contribution in [0.25, 0.3) is 11.6 Å². The highest BCUT2D eigenvalue weighted by atomic mass is 16.2. The predicted octanol–water partition coefficient (Wildman–Crippen LogP) is 3.16. The monoisotopic (exact) mass is 275 g/mol. The van der Waals surface area contributed by atoms with Gasteiger partial charge in [0.25, 0.3) is 5.91 Å². The van der Waals surface area contributed by atoms with Crippen LogP contribution in [0.3, 0.4) is 0 Å². The molecule has 1 aromatic heterocycles. The van der Waals surface area contributed by atoms with E-state index in [-0.39, 0.29) is 5.91 Å². The van der Waals surface area contributed by atoms with E-state index < -0.39 is 0 Å². The van der Waals surface area contributed by atoms with Crippen molar-refractivity contribution in [3.05, 3.63) is 84.4 Å². The van der Waals surface area contributed by atoms with E-state index in [0.717, 1.165) is 11.1 Å². The summed E-state index contributed by atoms with van der Waals surface area (Å²) in [4.78, 5) is 12.6. The Bertz CT molecular complexity index is 747. The molecule has 0 saturated carbocycles. The third-order valence-electron chi connectivity index (χ3n) is 3.08. The average Bonchev–Trinajstić information content (AvgIpc) is 3.08. The van der Waals surface area contributed by atoms with E-state index in [2.05, 4.69) is 10.2 Å². The largest absolute Gasteiger partial charge is 0.268 e. The van der Waals surface area contributed by atoms with Crippen molar-refractivity contribution in [1.82, 2.24) is 14.8 Å². The van der Waals surface area contributed by atoms with Gasteiger partial charge in [-0.1, -0.05) is 60.7 Å². The lowest BCUT2D eigenvalue weighted by Gasteiger charge is -2.07. The molecule has 0 radical (unpaired) electrons. The summed E-state index contributed by atoms with van der Waals surface area (Å²) in [6.07, 6.45) is 4.69. The summed E-state index contributed by atoms with van der Waals surface area (Å²) < 4.78 is 1.38. The van der Waals surface area contributed by atoms with E-state index >= 15 is 0 Å². The summed E-state index contributed by atoms with van der Waals surface area (Å²) in [7, 11) is 0. The van der Waals surface area contributed by atoms with E-state index in [1.807, 2.05) is 66.7 Å². The van der Waals surface area contributed by atoms with Gasteiger partial charge in [0.15, 0.2) is 0 Å². The van der Waals surface area contributed by atoms with Gasteiger partial charge in [0.1, 0.15) is 12.7 Å². The third-order valence-corrected chi connectivity index (χ3v) is 3.08. The highest BCUT2D eigenvalue weighted by Gasteiger charge is 2.14. The van der Waals surface area contributed by atoms with Crippen molar-refractivity contribution in [2.75, 3.05) is 0 Å². The van der Waals surface area contributed by atoms with Crippen LogP contribution in [0.1, 0.15) is 15.9 Å². The van der Waals surface area contributed by atoms with E-state index in [1.54, 1.807) is 0 Å². The smallest absolute Gasteiger partial charge is 0.265 e. The summed E-state index contributed by atoms with van der Waals surface area (Å²) in [6.45, 7) is 0. The zero-order chi connectivity index (χ0) is 14.5. The number of nitrogens with zero attached hydrogens (tertiary/aromatic N) is 3. The molecule has 0 aliphatic carbocycles. The first-order valence-corrected chi connectivity index (χ1v) is 6.56. The van der Waals surface area contributed by atoms with Gasteiger partial charge in [-0.25, -0.2) is 0 Å². The van der Waals surface area contributed by atoms with Gasteiger partial charge in [0.05, 0.1) is 0 Å². The van der Waals surface area contributed by atoms with Crippen molar-refractivity contribution in [3.63, 3.8) is 0 Å². The first-order valence-electron chi connectivity index (χ1n) is 6.56. The SMILES string of the molecule is O=C(/C(=C/c1ccccc1)c1ccccc1)n1cnnc1. The summed E-state index contributed by atoms with van der Waals surface area (Å²) in [5.74, 6) is -0.157. The van der Waals surface area contributed by atoms with Crippen molar-refractivity contribution >= 4 is 17.6 Å². The van der Waals surface area contributed by atoms with Crippen LogP contribution in [0, 0.1) is 0 Å². The Balaban J connectivity index is 2.08. The number of aromatic nitrogens is 3. The van der Waals surface area contributed by atoms with Gasteiger partial charge >= 0.3 is 0 Å². The molecule has 0 aliphatic rings. The highest BCUT2D eigenvalue weighted by molar-refractivity contribution is 6.25. The molecule has 0 atom stereocenters. The fourth-order valence-electron chi connectivity index (χ4n) is 2.05. The van der Waals surface area contributed by atoms with Gasteiger partial charge in [-0.15, -0.1) is 10.2 Å². The first-order chi connectivity index (χ1) is 10.3. The Morgan fingerprint density at radius 3 is 2.05 bits per heavy atom. The van der Waals surface area contributed by atoms with Crippen LogP contribution in [-0.4, -0.2) is 20.7 Å². The van der Waals surface area contributed by atoms with Gasteiger partial charge in [0.2, 0.25) is 0 Å². The van der Waals surface area contributed by atoms with Crippen molar-refractivity contribution in [2.24, 2.45) is 0 Å². The molecule has 0 aliphatic heterocycles. The average molecular weight is 275 g/mol. The zero-order valence-electron chi connectivity index (χ0n) is 11.3. The molecule has 3 aromatic rings. The summed E-state index contributed by atoms with van der Waals surface area (Å²) >= 11 is 0. The van der Waals surface area contributed by atoms with E-state index in [0.29, 0.717) is 5.57 Å². The lowest BCUT2D eigenvalue weighted by molar-refractivity contribution is 0.0980. The number of benzene rings is 2. The second-order valence-electron chi connectivity index (χ2n) is 4.51. The number of allylic oxidation sites excluding steroid dienone is 1. The standard InChI is InChI=1S/C17H13N3O/c21-17(20-12-18-19-13-20)16(15-9-5-2-6-10-15)11-14-7-3-1-4-8-14/h1-13H/b16-11+. The number of hydrogen-bond donors (Lipinski definition) is 0. The fourth-order valence-corrected chi connectivity index (χ4v) is 2.05. The van der Waals surface area contributed by atoms with Gasteiger partial charge in [-0.3, -0.25) is 9.36 Å². The molecule has 0 N–H and O–H groups in total. The molecule has 0 fully saturated rings. The molecular formula is C17H13N3O. The molecule has 0 spiro atoms. The van der Waals surface area contributed by atoms with Gasteiger partial charge in [0, 0.05) is 5.57 Å². The number of rotatable bonds is 3. The molecule has 3 rings (SSSR count). The van der Waals surface area contributed by atoms with E-state index in [4.69, 9.17) is 0 Å². The number of hydrogen-bond acceptors (Lipinski definition) is 3. The summed E-state index contributed by atoms with van der Waals surface area (Å²) in [5.41, 5.74) is 2.43. The maximum absolute atomic E-state index is 12.6. The van der Waals surface area contributed by atoms with Crippen LogP contribution in [0.2, 0.25) is 0 Å². The minimum absolute atomic E-state index is 0.157. The minimum atomic E-state index is -0.157. The molecule has 0 saturated heterocycles. The molecular weight excluding hydrogens is 262 g/mol. The number of carbonyl (C=O) groups excluding carboxylic acids is 1. The molecule has 0 amide bonds. The predicted molar refractivity (Wildman–Crippen MR) is 81.4 cm³/mol. The fraction of sp³-hybridized carbons (Fsp3) is 0. The van der Waals surface area contributed by atoms with Gasteiger partial charge in [-0.2, -0.15) is 0 Å². The van der Waals surface area contributed by atoms with E-state index in [1.165, 1.54) is 17.2 Å². The molecule has 4 nitrogen and oxygen atoms in total. The van der Waals surface area contributed by atoms with Crippen LogP contribution >= 0.6 is 0 Å². The Labute approximate surface area is 122 Å². The number of carbonyl (C=O) groups is 1. The molecule has 1 heterocycles. The molecule has 0 bridgehead atoms. The van der Waals surface area contributed by atoms with Crippen LogP contribution in [0.5, 0.6) is 0 Å². The first kappa shape index (κ1) is 13.0. The molecule has 21 heavy (non-hydrogen) atoms. The van der Waals surface area contributed by atoms with Crippen molar-refractivity contribution < 1.29 is 4.79 Å². The van der Waals surface area contributed by atoms with Crippen LogP contribution in [0.15, 0.2) is 73.3 Å². The zero-order valence-corrected chi connectivity index (χ0v) is 11.3. The van der Waals surface area contributed by atoms with Crippen molar-refractivity contribution in [2.45, 2.75) is 0 Å².